The molecule has 4 N–H and O–H groups in total. The zero-order valence-electron chi connectivity index (χ0n) is 9.38. The van der Waals surface area contributed by atoms with Crippen LogP contribution < -0.4 is 5.73 Å². The van der Waals surface area contributed by atoms with Gasteiger partial charge in [0.15, 0.2) is 5.75 Å². The molecule has 0 amide bonds. The van der Waals surface area contributed by atoms with Crippen molar-refractivity contribution >= 4 is 5.69 Å². The van der Waals surface area contributed by atoms with Crippen molar-refractivity contribution in [3.63, 3.8) is 0 Å². The molecule has 1 aromatic rings. The van der Waals surface area contributed by atoms with Crippen LogP contribution in [0.1, 0.15) is 24.9 Å². The highest BCUT2D eigenvalue weighted by Crippen LogP contribution is 2.38. The first-order valence-electron chi connectivity index (χ1n) is 4.93. The van der Waals surface area contributed by atoms with Crippen LogP contribution >= 0.6 is 0 Å². The van der Waals surface area contributed by atoms with Gasteiger partial charge in [0, 0.05) is 12.1 Å². The third-order valence-electron chi connectivity index (χ3n) is 2.29. The summed E-state index contributed by atoms with van der Waals surface area (Å²) >= 11 is 0. The first kappa shape index (κ1) is 13.0. The fourth-order valence-electron chi connectivity index (χ4n) is 1.47. The van der Waals surface area contributed by atoms with Gasteiger partial charge < -0.3 is 15.9 Å². The summed E-state index contributed by atoms with van der Waals surface area (Å²) in [5, 5.41) is 29.3. The number of phenolic OH excluding ortho intramolecular Hbond substituents is 2. The van der Waals surface area contributed by atoms with Crippen molar-refractivity contribution in [3.05, 3.63) is 40.0 Å². The number of nitrogens with two attached hydrogens (primary N) is 1. The van der Waals surface area contributed by atoms with E-state index in [9.17, 15) is 20.3 Å². The largest absolute Gasteiger partial charge is 0.504 e. The van der Waals surface area contributed by atoms with Crippen LogP contribution in [0, 0.1) is 10.1 Å². The quantitative estimate of drug-likeness (QED) is 0.321. The van der Waals surface area contributed by atoms with Crippen molar-refractivity contribution in [2.75, 3.05) is 0 Å². The molecule has 0 radical (unpaired) electrons. The number of hydrogen-bond donors (Lipinski definition) is 3. The molecular weight excluding hydrogens is 224 g/mol. The van der Waals surface area contributed by atoms with E-state index in [1.165, 1.54) is 6.07 Å². The van der Waals surface area contributed by atoms with Gasteiger partial charge in [-0.15, -0.1) is 6.58 Å². The van der Waals surface area contributed by atoms with Gasteiger partial charge in [0.25, 0.3) is 0 Å². The molecule has 0 unspecified atom stereocenters. The minimum atomic E-state index is -0.772. The molecule has 0 bridgehead atoms. The molecule has 0 heterocycles. The Morgan fingerprint density at radius 1 is 1.59 bits per heavy atom. The molecule has 0 spiro atoms. The highest BCUT2D eigenvalue weighted by molar-refractivity contribution is 5.57. The number of rotatable bonds is 4. The SMILES string of the molecule is C=C(C)C[C@H](N)c1cc(O)c(O)c([N+](=O)[O-])c1. The Morgan fingerprint density at radius 3 is 2.65 bits per heavy atom. The number of nitro benzene ring substituents is 1. The smallest absolute Gasteiger partial charge is 0.314 e. The predicted octanol–water partition coefficient (Wildman–Crippen LogP) is 1.97. The van der Waals surface area contributed by atoms with Crippen LogP contribution in [-0.4, -0.2) is 15.1 Å². The van der Waals surface area contributed by atoms with Crippen LogP contribution in [0.2, 0.25) is 0 Å². The lowest BCUT2D eigenvalue weighted by molar-refractivity contribution is -0.386. The summed E-state index contributed by atoms with van der Waals surface area (Å²) in [5.74, 6) is -1.30. The second kappa shape index (κ2) is 4.84. The van der Waals surface area contributed by atoms with Crippen LogP contribution in [0.3, 0.4) is 0 Å². The van der Waals surface area contributed by atoms with E-state index in [0.717, 1.165) is 11.6 Å². The molecular formula is C11H14N2O4. The molecule has 1 atom stereocenters. The van der Waals surface area contributed by atoms with Gasteiger partial charge in [-0.1, -0.05) is 5.57 Å². The van der Waals surface area contributed by atoms with E-state index >= 15 is 0 Å². The summed E-state index contributed by atoms with van der Waals surface area (Å²) in [7, 11) is 0. The highest BCUT2D eigenvalue weighted by atomic mass is 16.6. The van der Waals surface area contributed by atoms with Gasteiger partial charge in [-0.25, -0.2) is 0 Å². The van der Waals surface area contributed by atoms with Crippen molar-refractivity contribution in [2.24, 2.45) is 5.73 Å². The number of nitro groups is 1. The molecule has 0 aromatic heterocycles. The summed E-state index contributed by atoms with van der Waals surface area (Å²) in [4.78, 5) is 9.88. The number of nitrogens with zero attached hydrogens (tertiary/aromatic N) is 1. The predicted molar refractivity (Wildman–Crippen MR) is 62.8 cm³/mol. The van der Waals surface area contributed by atoms with E-state index < -0.39 is 28.2 Å². The van der Waals surface area contributed by atoms with Crippen molar-refractivity contribution in [1.82, 2.24) is 0 Å². The zero-order chi connectivity index (χ0) is 13.2. The normalized spacial score (nSPS) is 12.1. The van der Waals surface area contributed by atoms with E-state index in [-0.39, 0.29) is 0 Å². The van der Waals surface area contributed by atoms with Gasteiger partial charge in [0.1, 0.15) is 0 Å². The van der Waals surface area contributed by atoms with Crippen molar-refractivity contribution in [1.29, 1.82) is 0 Å². The van der Waals surface area contributed by atoms with Gasteiger partial charge in [0.05, 0.1) is 4.92 Å². The minimum absolute atomic E-state index is 0.384. The summed E-state index contributed by atoms with van der Waals surface area (Å²) in [5.41, 5.74) is 6.46. The fourth-order valence-corrected chi connectivity index (χ4v) is 1.47. The number of hydrogen-bond acceptors (Lipinski definition) is 5. The van der Waals surface area contributed by atoms with Crippen molar-refractivity contribution in [2.45, 2.75) is 19.4 Å². The molecule has 17 heavy (non-hydrogen) atoms. The second-order valence-corrected chi connectivity index (χ2v) is 3.93. The molecule has 0 aliphatic rings. The molecule has 0 aliphatic heterocycles. The standard InChI is InChI=1S/C11H14N2O4/c1-6(2)3-8(12)7-4-9(13(16)17)11(15)10(14)5-7/h4-5,8,14-15H,1,3,12H2,2H3/t8-/m0/s1. The first-order valence-corrected chi connectivity index (χ1v) is 4.93. The van der Waals surface area contributed by atoms with Gasteiger partial charge in [0.2, 0.25) is 5.75 Å². The lowest BCUT2D eigenvalue weighted by Crippen LogP contribution is -2.10. The van der Waals surface area contributed by atoms with E-state index in [1.54, 1.807) is 6.92 Å². The average Bonchev–Trinajstić information content (AvgIpc) is 2.20. The Kier molecular flexibility index (Phi) is 3.69. The maximum atomic E-state index is 10.6. The van der Waals surface area contributed by atoms with Gasteiger partial charge >= 0.3 is 5.69 Å². The van der Waals surface area contributed by atoms with Crippen LogP contribution in [-0.2, 0) is 0 Å². The molecule has 92 valence electrons. The maximum absolute atomic E-state index is 10.6. The molecule has 0 saturated carbocycles. The Morgan fingerprint density at radius 2 is 2.18 bits per heavy atom. The molecule has 0 saturated heterocycles. The fraction of sp³-hybridized carbons (Fsp3) is 0.273. The second-order valence-electron chi connectivity index (χ2n) is 3.93. The summed E-state index contributed by atoms with van der Waals surface area (Å²) in [6, 6.07) is 1.87. The van der Waals surface area contributed by atoms with Crippen molar-refractivity contribution < 1.29 is 15.1 Å². The third kappa shape index (κ3) is 2.94. The van der Waals surface area contributed by atoms with E-state index in [1.807, 2.05) is 0 Å². The van der Waals surface area contributed by atoms with Crippen LogP contribution in [0.25, 0.3) is 0 Å². The van der Waals surface area contributed by atoms with E-state index in [2.05, 4.69) is 6.58 Å². The minimum Gasteiger partial charge on any atom is -0.504 e. The third-order valence-corrected chi connectivity index (χ3v) is 2.29. The van der Waals surface area contributed by atoms with Crippen molar-refractivity contribution in [3.8, 4) is 11.5 Å². The molecule has 1 aromatic carbocycles. The monoisotopic (exact) mass is 238 g/mol. The lowest BCUT2D eigenvalue weighted by atomic mass is 10.00. The average molecular weight is 238 g/mol. The Bertz CT molecular complexity index is 471. The number of aromatic hydroxyl groups is 2. The maximum Gasteiger partial charge on any atom is 0.314 e. The van der Waals surface area contributed by atoms with Gasteiger partial charge in [-0.2, -0.15) is 0 Å². The molecule has 6 nitrogen and oxygen atoms in total. The summed E-state index contributed by atoms with van der Waals surface area (Å²) in [6.07, 6.45) is 0.446. The molecule has 1 rings (SSSR count). The van der Waals surface area contributed by atoms with E-state index in [0.29, 0.717) is 12.0 Å². The Balaban J connectivity index is 3.18. The van der Waals surface area contributed by atoms with Gasteiger partial charge in [-0.05, 0) is 25.0 Å². The molecule has 0 aliphatic carbocycles. The first-order chi connectivity index (χ1) is 7.82. The van der Waals surface area contributed by atoms with Crippen LogP contribution in [0.15, 0.2) is 24.3 Å². The zero-order valence-corrected chi connectivity index (χ0v) is 9.38. The summed E-state index contributed by atoms with van der Waals surface area (Å²) in [6.45, 7) is 5.48. The van der Waals surface area contributed by atoms with Crippen LogP contribution in [0.4, 0.5) is 5.69 Å². The van der Waals surface area contributed by atoms with Crippen LogP contribution in [0.5, 0.6) is 11.5 Å². The van der Waals surface area contributed by atoms with Gasteiger partial charge in [-0.3, -0.25) is 10.1 Å². The Labute approximate surface area is 98.1 Å². The summed E-state index contributed by atoms with van der Waals surface area (Å²) < 4.78 is 0. The number of phenols is 2. The molecule has 0 fully saturated rings. The number of benzene rings is 1. The molecule has 6 heteroatoms. The Hall–Kier alpha value is -2.08. The topological polar surface area (TPSA) is 110 Å². The van der Waals surface area contributed by atoms with E-state index in [4.69, 9.17) is 5.73 Å². The highest BCUT2D eigenvalue weighted by Gasteiger charge is 2.21. The lowest BCUT2D eigenvalue weighted by Gasteiger charge is -2.12.